The average molecular weight is 588 g/mol. The molecule has 3 aromatic rings. The molecular weight excluding hydrogens is 558 g/mol. The molecule has 2 heterocycles. The maximum Gasteiger partial charge on any atom is 0.513 e. The highest BCUT2D eigenvalue weighted by atomic mass is 16.7. The molecule has 0 bridgehead atoms. The van der Waals surface area contributed by atoms with E-state index in [9.17, 15) is 34.7 Å². The number of rotatable bonds is 12. The first-order valence-corrected chi connectivity index (χ1v) is 12.8. The third kappa shape index (κ3) is 7.86. The lowest BCUT2D eigenvalue weighted by Crippen LogP contribution is -2.41. The molecule has 15 nitrogen and oxygen atoms in total. The van der Waals surface area contributed by atoms with Gasteiger partial charge in [0.25, 0.3) is 11.2 Å². The molecule has 1 unspecified atom stereocenters. The van der Waals surface area contributed by atoms with E-state index in [1.807, 2.05) is 0 Å². The molecule has 1 saturated heterocycles. The van der Waals surface area contributed by atoms with Crippen LogP contribution in [0.5, 0.6) is 5.75 Å². The van der Waals surface area contributed by atoms with Gasteiger partial charge in [-0.25, -0.2) is 9.59 Å². The zero-order chi connectivity index (χ0) is 30.2. The Bertz CT molecular complexity index is 1470. The van der Waals surface area contributed by atoms with Gasteiger partial charge >= 0.3 is 11.8 Å². The molecule has 42 heavy (non-hydrogen) atoms. The molecule has 0 saturated carbocycles. The van der Waals surface area contributed by atoms with Crippen molar-refractivity contribution in [3.63, 3.8) is 0 Å². The van der Waals surface area contributed by atoms with Crippen molar-refractivity contribution in [3.05, 3.63) is 103 Å². The van der Waals surface area contributed by atoms with Crippen LogP contribution in [0.3, 0.4) is 0 Å². The Kier molecular flexibility index (Phi) is 10.2. The number of hydrogen-bond donors (Lipinski definition) is 3. The molecule has 224 valence electrons. The van der Waals surface area contributed by atoms with Gasteiger partial charge in [-0.1, -0.05) is 24.3 Å². The lowest BCUT2D eigenvalue weighted by atomic mass is 10.1. The molecule has 0 radical (unpaired) electrons. The number of nitro benzene ring substituents is 1. The molecule has 15 heteroatoms. The van der Waals surface area contributed by atoms with Gasteiger partial charge in [0.1, 0.15) is 24.1 Å². The van der Waals surface area contributed by atoms with Crippen molar-refractivity contribution in [3.8, 4) is 5.75 Å². The van der Waals surface area contributed by atoms with E-state index >= 15 is 0 Å². The molecule has 1 aliphatic heterocycles. The number of aliphatic hydroxyl groups is 2. The van der Waals surface area contributed by atoms with Gasteiger partial charge in [-0.2, -0.15) is 0 Å². The number of hydrogen-bond acceptors (Lipinski definition) is 12. The minimum absolute atomic E-state index is 0.0254. The standard InChI is InChI=1S/C27H29N3O12/c1-16(40-24-23(33)21(14-31)42-25(24)29-12-10-22(32)28-26(29)34)39-15-18-4-8-20(9-5-18)41-27(35)38-13-11-17-2-6-19(7-3-17)30(36)37/h2-10,12,16,21,23-25,31,33H,11,13-15H2,1H3,(H,28,32,34)/t16?,21-,23-,24-,25-/m1/s1. The highest BCUT2D eigenvalue weighted by Crippen LogP contribution is 2.31. The van der Waals surface area contributed by atoms with Gasteiger partial charge in [0.15, 0.2) is 12.5 Å². The molecule has 2 aromatic carbocycles. The zero-order valence-corrected chi connectivity index (χ0v) is 22.4. The second kappa shape index (κ2) is 14.0. The smallest absolute Gasteiger partial charge is 0.434 e. The number of ether oxygens (including phenoxy) is 5. The number of carbonyl (C=O) groups excluding carboxylic acids is 1. The number of benzene rings is 2. The molecule has 5 atom stereocenters. The quantitative estimate of drug-likeness (QED) is 0.0905. The van der Waals surface area contributed by atoms with Crippen LogP contribution in [-0.4, -0.2) is 68.7 Å². The van der Waals surface area contributed by atoms with Crippen molar-refractivity contribution in [2.75, 3.05) is 13.2 Å². The lowest BCUT2D eigenvalue weighted by Gasteiger charge is -2.25. The molecule has 4 rings (SSSR count). The first-order valence-electron chi connectivity index (χ1n) is 12.8. The summed E-state index contributed by atoms with van der Waals surface area (Å²) in [7, 11) is 0. The third-order valence-electron chi connectivity index (χ3n) is 6.33. The normalized spacial score (nSPS) is 20.6. The monoisotopic (exact) mass is 587 g/mol. The van der Waals surface area contributed by atoms with Crippen LogP contribution < -0.4 is 16.0 Å². The number of aromatic amines is 1. The van der Waals surface area contributed by atoms with E-state index in [2.05, 4.69) is 4.98 Å². The molecule has 0 amide bonds. The molecule has 0 aliphatic carbocycles. The van der Waals surface area contributed by atoms with E-state index in [1.54, 1.807) is 43.3 Å². The van der Waals surface area contributed by atoms with Crippen LogP contribution in [0.4, 0.5) is 10.5 Å². The molecule has 0 spiro atoms. The zero-order valence-electron chi connectivity index (χ0n) is 22.4. The Morgan fingerprint density at radius 3 is 2.45 bits per heavy atom. The van der Waals surface area contributed by atoms with Crippen LogP contribution in [-0.2, 0) is 32.0 Å². The number of nitro groups is 1. The van der Waals surface area contributed by atoms with Crippen LogP contribution in [0.15, 0.2) is 70.4 Å². The number of non-ortho nitro benzene ring substituents is 1. The molecule has 1 fully saturated rings. The van der Waals surface area contributed by atoms with Crippen molar-refractivity contribution in [1.82, 2.24) is 9.55 Å². The topological polar surface area (TPSA) is 202 Å². The summed E-state index contributed by atoms with van der Waals surface area (Å²) in [6.07, 6.45) is -4.75. The van der Waals surface area contributed by atoms with Gasteiger partial charge in [-0.15, -0.1) is 0 Å². The summed E-state index contributed by atoms with van der Waals surface area (Å²) in [4.78, 5) is 48.0. The Labute approximate surface area is 237 Å². The Hall–Kier alpha value is -4.41. The minimum Gasteiger partial charge on any atom is -0.434 e. The SMILES string of the molecule is CC(OCc1ccc(OC(=O)OCCc2ccc([N+](=O)[O-])cc2)cc1)O[C@@H]1[C@H](O)[C@@H](CO)O[C@H]1n1ccc(=O)[nH]c1=O. The molecular formula is C27H29N3O12. The second-order valence-electron chi connectivity index (χ2n) is 9.25. The van der Waals surface area contributed by atoms with Gasteiger partial charge in [0, 0.05) is 30.8 Å². The van der Waals surface area contributed by atoms with E-state index in [-0.39, 0.29) is 24.7 Å². The highest BCUT2D eigenvalue weighted by molar-refractivity contribution is 5.63. The summed E-state index contributed by atoms with van der Waals surface area (Å²) < 4.78 is 28.4. The summed E-state index contributed by atoms with van der Waals surface area (Å²) in [6, 6.07) is 13.4. The first kappa shape index (κ1) is 30.5. The van der Waals surface area contributed by atoms with Gasteiger partial charge in [-0.3, -0.25) is 24.5 Å². The fourth-order valence-corrected chi connectivity index (χ4v) is 4.16. The summed E-state index contributed by atoms with van der Waals surface area (Å²) in [5, 5.41) is 30.8. The Balaban J connectivity index is 1.24. The molecule has 3 N–H and O–H groups in total. The van der Waals surface area contributed by atoms with Crippen LogP contribution in [0.2, 0.25) is 0 Å². The van der Waals surface area contributed by atoms with Crippen LogP contribution in [0.1, 0.15) is 24.3 Å². The van der Waals surface area contributed by atoms with Crippen molar-refractivity contribution >= 4 is 11.8 Å². The van der Waals surface area contributed by atoms with Gasteiger partial charge in [0.05, 0.1) is 24.7 Å². The molecule has 1 aliphatic rings. The summed E-state index contributed by atoms with van der Waals surface area (Å²) in [6.45, 7) is 1.16. The van der Waals surface area contributed by atoms with Crippen LogP contribution in [0, 0.1) is 10.1 Å². The largest absolute Gasteiger partial charge is 0.513 e. The second-order valence-corrected chi connectivity index (χ2v) is 9.25. The predicted octanol–water partition coefficient (Wildman–Crippen LogP) is 1.40. The number of aliphatic hydroxyl groups excluding tert-OH is 2. The van der Waals surface area contributed by atoms with Gasteiger partial charge in [-0.05, 0) is 30.2 Å². The number of carbonyl (C=O) groups is 1. The van der Waals surface area contributed by atoms with E-state index in [1.165, 1.54) is 18.3 Å². The Morgan fingerprint density at radius 2 is 1.81 bits per heavy atom. The van der Waals surface area contributed by atoms with Crippen molar-refractivity contribution < 1.29 is 43.6 Å². The van der Waals surface area contributed by atoms with Crippen LogP contribution >= 0.6 is 0 Å². The van der Waals surface area contributed by atoms with Gasteiger partial charge < -0.3 is 33.9 Å². The number of H-pyrrole nitrogens is 1. The maximum absolute atomic E-state index is 12.2. The van der Waals surface area contributed by atoms with E-state index in [0.29, 0.717) is 12.0 Å². The third-order valence-corrected chi connectivity index (χ3v) is 6.33. The first-order chi connectivity index (χ1) is 20.1. The maximum atomic E-state index is 12.2. The predicted molar refractivity (Wildman–Crippen MR) is 143 cm³/mol. The molecule has 1 aromatic heterocycles. The highest BCUT2D eigenvalue weighted by Gasteiger charge is 2.46. The van der Waals surface area contributed by atoms with E-state index in [0.717, 1.165) is 16.2 Å². The summed E-state index contributed by atoms with van der Waals surface area (Å²) in [5.74, 6) is 0.235. The van der Waals surface area contributed by atoms with Gasteiger partial charge in [0.2, 0.25) is 0 Å². The minimum atomic E-state index is -1.28. The number of nitrogens with one attached hydrogen (secondary N) is 1. The summed E-state index contributed by atoms with van der Waals surface area (Å²) >= 11 is 0. The Morgan fingerprint density at radius 1 is 1.12 bits per heavy atom. The lowest BCUT2D eigenvalue weighted by molar-refractivity contribution is -0.384. The fraction of sp³-hybridized carbons (Fsp3) is 0.370. The van der Waals surface area contributed by atoms with Crippen molar-refractivity contribution in [1.29, 1.82) is 0 Å². The van der Waals surface area contributed by atoms with Crippen LogP contribution in [0.25, 0.3) is 0 Å². The summed E-state index contributed by atoms with van der Waals surface area (Å²) in [5.41, 5.74) is 0.0728. The number of aromatic nitrogens is 2. The van der Waals surface area contributed by atoms with Crippen molar-refractivity contribution in [2.24, 2.45) is 0 Å². The fourth-order valence-electron chi connectivity index (χ4n) is 4.16. The van der Waals surface area contributed by atoms with E-state index in [4.69, 9.17) is 23.7 Å². The van der Waals surface area contributed by atoms with E-state index < -0.39 is 59.8 Å². The average Bonchev–Trinajstić information content (AvgIpc) is 3.27. The number of nitrogens with zero attached hydrogens (tertiary/aromatic N) is 2. The van der Waals surface area contributed by atoms with Crippen molar-refractivity contribution in [2.45, 2.75) is 50.8 Å².